The van der Waals surface area contributed by atoms with Gasteiger partial charge in [-0.25, -0.2) is 8.78 Å². The fraction of sp³-hybridized carbons (Fsp3) is 0.571. The molecule has 0 saturated heterocycles. The number of hydrogen-bond donors (Lipinski definition) is 1. The van der Waals surface area contributed by atoms with Crippen LogP contribution in [0, 0.1) is 11.6 Å². The summed E-state index contributed by atoms with van der Waals surface area (Å²) < 4.78 is 28.2. The van der Waals surface area contributed by atoms with E-state index in [1.807, 2.05) is 6.92 Å². The molecule has 0 fully saturated rings. The summed E-state index contributed by atoms with van der Waals surface area (Å²) in [6.07, 6.45) is 3.68. The van der Waals surface area contributed by atoms with Crippen molar-refractivity contribution in [2.24, 2.45) is 0 Å². The molecule has 1 N–H and O–H groups in total. The largest absolute Gasteiger partial charge is 0.310 e. The van der Waals surface area contributed by atoms with Crippen molar-refractivity contribution in [2.75, 3.05) is 6.54 Å². The fourth-order valence-electron chi connectivity index (χ4n) is 1.96. The molecule has 102 valence electrons. The summed E-state index contributed by atoms with van der Waals surface area (Å²) >= 11 is 3.10. The SMILES string of the molecule is CCCCC(NCCC)c1c(F)cc(Br)cc1F. The number of unbranched alkanes of at least 4 members (excludes halogenated alkanes) is 1. The van der Waals surface area contributed by atoms with Gasteiger partial charge in [0.1, 0.15) is 11.6 Å². The first-order chi connectivity index (χ1) is 8.60. The van der Waals surface area contributed by atoms with E-state index >= 15 is 0 Å². The van der Waals surface area contributed by atoms with E-state index in [2.05, 4.69) is 28.2 Å². The molecule has 1 nitrogen and oxygen atoms in total. The standard InChI is InChI=1S/C14H20BrF2N/c1-3-5-6-13(18-7-4-2)14-11(16)8-10(15)9-12(14)17/h8-9,13,18H,3-7H2,1-2H3. The van der Waals surface area contributed by atoms with Crippen LogP contribution >= 0.6 is 15.9 Å². The van der Waals surface area contributed by atoms with Gasteiger partial charge in [0.2, 0.25) is 0 Å². The van der Waals surface area contributed by atoms with E-state index in [-0.39, 0.29) is 11.6 Å². The van der Waals surface area contributed by atoms with Gasteiger partial charge >= 0.3 is 0 Å². The van der Waals surface area contributed by atoms with Gasteiger partial charge in [-0.15, -0.1) is 0 Å². The molecule has 0 heterocycles. The molecule has 0 saturated carbocycles. The predicted molar refractivity (Wildman–Crippen MR) is 74.6 cm³/mol. The minimum Gasteiger partial charge on any atom is -0.310 e. The molecule has 0 spiro atoms. The lowest BCUT2D eigenvalue weighted by Gasteiger charge is -2.20. The van der Waals surface area contributed by atoms with Crippen molar-refractivity contribution in [2.45, 2.75) is 45.6 Å². The summed E-state index contributed by atoms with van der Waals surface area (Å²) in [5.74, 6) is -0.960. The molecule has 4 heteroatoms. The Morgan fingerprint density at radius 1 is 1.17 bits per heavy atom. The van der Waals surface area contributed by atoms with Crippen LogP contribution in [0.25, 0.3) is 0 Å². The van der Waals surface area contributed by atoms with E-state index < -0.39 is 11.6 Å². The first kappa shape index (κ1) is 15.6. The average Bonchev–Trinajstić information content (AvgIpc) is 2.30. The first-order valence-electron chi connectivity index (χ1n) is 6.48. The van der Waals surface area contributed by atoms with Crippen LogP contribution in [0.2, 0.25) is 0 Å². The lowest BCUT2D eigenvalue weighted by atomic mass is 10.00. The zero-order chi connectivity index (χ0) is 13.5. The minimum absolute atomic E-state index is 0.167. The van der Waals surface area contributed by atoms with Gasteiger partial charge in [-0.3, -0.25) is 0 Å². The molecular formula is C14H20BrF2N. The maximum atomic E-state index is 13.9. The monoisotopic (exact) mass is 319 g/mol. The molecule has 0 aliphatic heterocycles. The van der Waals surface area contributed by atoms with Crippen molar-refractivity contribution < 1.29 is 8.78 Å². The predicted octanol–water partition coefficient (Wildman–Crippen LogP) is 4.96. The van der Waals surface area contributed by atoms with Crippen molar-refractivity contribution in [1.29, 1.82) is 0 Å². The van der Waals surface area contributed by atoms with Crippen LogP contribution in [-0.2, 0) is 0 Å². The highest BCUT2D eigenvalue weighted by atomic mass is 79.9. The van der Waals surface area contributed by atoms with Crippen molar-refractivity contribution in [3.8, 4) is 0 Å². The Balaban J connectivity index is 2.95. The third-order valence-electron chi connectivity index (χ3n) is 2.88. The molecule has 1 atom stereocenters. The Hall–Kier alpha value is -0.480. The maximum Gasteiger partial charge on any atom is 0.132 e. The molecule has 1 rings (SSSR count). The third-order valence-corrected chi connectivity index (χ3v) is 3.34. The molecule has 0 radical (unpaired) electrons. The smallest absolute Gasteiger partial charge is 0.132 e. The highest BCUT2D eigenvalue weighted by molar-refractivity contribution is 9.10. The van der Waals surface area contributed by atoms with Gasteiger partial charge in [0.25, 0.3) is 0 Å². The molecule has 0 aliphatic rings. The molecule has 0 bridgehead atoms. The quantitative estimate of drug-likeness (QED) is 0.749. The van der Waals surface area contributed by atoms with E-state index in [0.717, 1.165) is 32.2 Å². The first-order valence-corrected chi connectivity index (χ1v) is 7.27. The van der Waals surface area contributed by atoms with Gasteiger partial charge in [0, 0.05) is 16.1 Å². The lowest BCUT2D eigenvalue weighted by Crippen LogP contribution is -2.24. The molecule has 1 aromatic rings. The van der Waals surface area contributed by atoms with Crippen molar-refractivity contribution in [1.82, 2.24) is 5.32 Å². The van der Waals surface area contributed by atoms with Crippen LogP contribution in [0.5, 0.6) is 0 Å². The second-order valence-corrected chi connectivity index (χ2v) is 5.35. The number of halogens is 3. The van der Waals surface area contributed by atoms with Gasteiger partial charge in [0.05, 0.1) is 0 Å². The van der Waals surface area contributed by atoms with Crippen LogP contribution in [0.1, 0.15) is 51.1 Å². The fourth-order valence-corrected chi connectivity index (χ4v) is 2.36. The number of benzene rings is 1. The summed E-state index contributed by atoms with van der Waals surface area (Å²) in [6.45, 7) is 4.88. The summed E-state index contributed by atoms with van der Waals surface area (Å²) in [4.78, 5) is 0. The van der Waals surface area contributed by atoms with E-state index in [4.69, 9.17) is 0 Å². The summed E-state index contributed by atoms with van der Waals surface area (Å²) in [5.41, 5.74) is 0.167. The van der Waals surface area contributed by atoms with E-state index in [9.17, 15) is 8.78 Å². The highest BCUT2D eigenvalue weighted by Gasteiger charge is 2.19. The summed E-state index contributed by atoms with van der Waals surface area (Å²) in [6, 6.07) is 2.41. The van der Waals surface area contributed by atoms with Crippen LogP contribution in [0.3, 0.4) is 0 Å². The van der Waals surface area contributed by atoms with Gasteiger partial charge in [-0.05, 0) is 31.5 Å². The molecule has 1 aromatic carbocycles. The van der Waals surface area contributed by atoms with Gasteiger partial charge < -0.3 is 5.32 Å². The highest BCUT2D eigenvalue weighted by Crippen LogP contribution is 2.28. The van der Waals surface area contributed by atoms with Crippen LogP contribution in [0.15, 0.2) is 16.6 Å². The van der Waals surface area contributed by atoms with Crippen molar-refractivity contribution >= 4 is 15.9 Å². The summed E-state index contributed by atoms with van der Waals surface area (Å²) in [5, 5.41) is 3.23. The molecule has 18 heavy (non-hydrogen) atoms. The molecule has 0 aliphatic carbocycles. The van der Waals surface area contributed by atoms with Crippen LogP contribution in [0.4, 0.5) is 8.78 Å². The number of hydrogen-bond acceptors (Lipinski definition) is 1. The zero-order valence-corrected chi connectivity index (χ0v) is 12.5. The minimum atomic E-state index is -0.480. The number of rotatable bonds is 7. The Labute approximate surface area is 116 Å². The Kier molecular flexibility index (Phi) is 6.79. The lowest BCUT2D eigenvalue weighted by molar-refractivity contribution is 0.435. The molecule has 0 amide bonds. The number of nitrogens with one attached hydrogen (secondary N) is 1. The van der Waals surface area contributed by atoms with Crippen molar-refractivity contribution in [3.63, 3.8) is 0 Å². The van der Waals surface area contributed by atoms with E-state index in [0.29, 0.717) is 4.47 Å². The van der Waals surface area contributed by atoms with Gasteiger partial charge in [-0.2, -0.15) is 0 Å². The van der Waals surface area contributed by atoms with Gasteiger partial charge in [-0.1, -0.05) is 42.6 Å². The molecule has 1 unspecified atom stereocenters. The van der Waals surface area contributed by atoms with Crippen LogP contribution < -0.4 is 5.32 Å². The van der Waals surface area contributed by atoms with E-state index in [1.165, 1.54) is 12.1 Å². The second-order valence-electron chi connectivity index (χ2n) is 4.43. The van der Waals surface area contributed by atoms with Gasteiger partial charge in [0.15, 0.2) is 0 Å². The van der Waals surface area contributed by atoms with Crippen LogP contribution in [-0.4, -0.2) is 6.54 Å². The normalized spacial score (nSPS) is 12.7. The molecular weight excluding hydrogens is 300 g/mol. The second kappa shape index (κ2) is 7.85. The Bertz CT molecular complexity index is 351. The maximum absolute atomic E-state index is 13.9. The topological polar surface area (TPSA) is 12.0 Å². The summed E-state index contributed by atoms with van der Waals surface area (Å²) in [7, 11) is 0. The zero-order valence-electron chi connectivity index (χ0n) is 10.9. The Morgan fingerprint density at radius 2 is 1.78 bits per heavy atom. The molecule has 0 aromatic heterocycles. The third kappa shape index (κ3) is 4.32. The van der Waals surface area contributed by atoms with Crippen molar-refractivity contribution in [3.05, 3.63) is 33.8 Å². The Morgan fingerprint density at radius 3 is 2.28 bits per heavy atom. The average molecular weight is 320 g/mol. The van der Waals surface area contributed by atoms with E-state index in [1.54, 1.807) is 0 Å².